The van der Waals surface area contributed by atoms with Crippen molar-refractivity contribution >= 4 is 29.3 Å². The van der Waals surface area contributed by atoms with Crippen LogP contribution in [0.2, 0.25) is 0 Å². The van der Waals surface area contributed by atoms with Gasteiger partial charge in [-0.1, -0.05) is 12.1 Å². The number of thioether (sulfide) groups is 1. The Bertz CT molecular complexity index is 592. The van der Waals surface area contributed by atoms with Crippen LogP contribution >= 0.6 is 11.8 Å². The smallest absolute Gasteiger partial charge is 0.329 e. The van der Waals surface area contributed by atoms with E-state index in [1.165, 1.54) is 23.1 Å². The molecule has 1 saturated heterocycles. The molecule has 1 unspecified atom stereocenters. The number of hydrogen-bond acceptors (Lipinski definition) is 6. The molecule has 1 amide bonds. The van der Waals surface area contributed by atoms with Crippen molar-refractivity contribution < 1.29 is 19.2 Å². The Labute approximate surface area is 131 Å². The molecule has 1 heterocycles. The van der Waals surface area contributed by atoms with E-state index in [1.807, 2.05) is 0 Å². The highest BCUT2D eigenvalue weighted by molar-refractivity contribution is 7.99. The first-order valence-corrected chi connectivity index (χ1v) is 8.00. The lowest BCUT2D eigenvalue weighted by molar-refractivity contribution is -0.385. The fraction of sp³-hybridized carbons (Fsp3) is 0.429. The van der Waals surface area contributed by atoms with Crippen LogP contribution in [0, 0.1) is 10.1 Å². The zero-order valence-electron chi connectivity index (χ0n) is 12.1. The first-order valence-electron chi connectivity index (χ1n) is 6.85. The summed E-state index contributed by atoms with van der Waals surface area (Å²) in [6, 6.07) is 5.06. The fourth-order valence-corrected chi connectivity index (χ4v) is 3.28. The van der Waals surface area contributed by atoms with Gasteiger partial charge in [0.05, 0.1) is 11.5 Å². The zero-order valence-corrected chi connectivity index (χ0v) is 12.9. The van der Waals surface area contributed by atoms with Crippen LogP contribution in [-0.2, 0) is 9.53 Å². The molecule has 22 heavy (non-hydrogen) atoms. The number of nitro groups is 1. The molecule has 0 saturated carbocycles. The number of ether oxygens (including phenoxy) is 1. The van der Waals surface area contributed by atoms with E-state index in [4.69, 9.17) is 4.74 Å². The first kappa shape index (κ1) is 16.3. The van der Waals surface area contributed by atoms with E-state index in [2.05, 4.69) is 0 Å². The molecule has 1 fully saturated rings. The second-order valence-corrected chi connectivity index (χ2v) is 5.77. The molecule has 0 aliphatic carbocycles. The number of carbonyl (C=O) groups is 2. The van der Waals surface area contributed by atoms with E-state index in [0.29, 0.717) is 18.1 Å². The topological polar surface area (TPSA) is 89.8 Å². The normalized spacial score (nSPS) is 17.9. The van der Waals surface area contributed by atoms with Gasteiger partial charge < -0.3 is 9.64 Å². The summed E-state index contributed by atoms with van der Waals surface area (Å²) in [5, 5.41) is 11.1. The van der Waals surface area contributed by atoms with Crippen molar-refractivity contribution in [3.63, 3.8) is 0 Å². The molecule has 0 spiro atoms. The Morgan fingerprint density at radius 2 is 2.18 bits per heavy atom. The van der Waals surface area contributed by atoms with Crippen molar-refractivity contribution in [3.8, 4) is 0 Å². The van der Waals surface area contributed by atoms with Crippen molar-refractivity contribution in [2.24, 2.45) is 0 Å². The molecule has 1 aromatic carbocycles. The second kappa shape index (κ2) is 7.26. The minimum absolute atomic E-state index is 0.00583. The van der Waals surface area contributed by atoms with E-state index in [1.54, 1.807) is 24.8 Å². The summed E-state index contributed by atoms with van der Waals surface area (Å²) in [5.41, 5.74) is -0.262. The number of rotatable bonds is 4. The number of nitrogens with zero attached hydrogens (tertiary/aromatic N) is 2. The molecule has 1 atom stereocenters. The Morgan fingerprint density at radius 3 is 2.86 bits per heavy atom. The average molecular weight is 324 g/mol. The van der Waals surface area contributed by atoms with Crippen LogP contribution in [0.4, 0.5) is 5.69 Å². The number of amides is 1. The molecule has 1 aliphatic heterocycles. The van der Waals surface area contributed by atoms with Crippen LogP contribution in [0.25, 0.3) is 0 Å². The zero-order chi connectivity index (χ0) is 16.1. The minimum atomic E-state index is -0.703. The molecule has 118 valence electrons. The standard InChI is InChI=1S/C14H16N2O5S/c1-2-21-14(18)12-9-22-8-7-15(12)13(17)10-5-3-4-6-11(10)16(19)20/h3-6,12H,2,7-9H2,1H3. The summed E-state index contributed by atoms with van der Waals surface area (Å²) >= 11 is 1.56. The largest absolute Gasteiger partial charge is 0.464 e. The van der Waals surface area contributed by atoms with Crippen LogP contribution in [0.5, 0.6) is 0 Å². The van der Waals surface area contributed by atoms with E-state index in [-0.39, 0.29) is 17.9 Å². The van der Waals surface area contributed by atoms with Crippen LogP contribution in [0.15, 0.2) is 24.3 Å². The Hall–Kier alpha value is -2.09. The molecule has 1 aliphatic rings. The predicted molar refractivity (Wildman–Crippen MR) is 81.9 cm³/mol. The van der Waals surface area contributed by atoms with Crippen LogP contribution in [0.1, 0.15) is 17.3 Å². The lowest BCUT2D eigenvalue weighted by Gasteiger charge is -2.33. The van der Waals surface area contributed by atoms with Gasteiger partial charge in [-0.3, -0.25) is 14.9 Å². The van der Waals surface area contributed by atoms with E-state index >= 15 is 0 Å². The highest BCUT2D eigenvalue weighted by Gasteiger charge is 2.36. The quantitative estimate of drug-likeness (QED) is 0.476. The van der Waals surface area contributed by atoms with Gasteiger partial charge in [-0.2, -0.15) is 11.8 Å². The van der Waals surface area contributed by atoms with Crippen molar-refractivity contribution in [2.45, 2.75) is 13.0 Å². The third-order valence-corrected chi connectivity index (χ3v) is 4.30. The van der Waals surface area contributed by atoms with Gasteiger partial charge in [0.15, 0.2) is 0 Å². The third-order valence-electron chi connectivity index (χ3n) is 3.28. The number of hydrogen-bond donors (Lipinski definition) is 0. The summed E-state index contributed by atoms with van der Waals surface area (Å²) in [7, 11) is 0. The highest BCUT2D eigenvalue weighted by Crippen LogP contribution is 2.24. The lowest BCUT2D eigenvalue weighted by atomic mass is 10.1. The number of esters is 1. The van der Waals surface area contributed by atoms with Gasteiger partial charge >= 0.3 is 5.97 Å². The molecule has 7 nitrogen and oxygen atoms in total. The monoisotopic (exact) mass is 324 g/mol. The van der Waals surface area contributed by atoms with Crippen LogP contribution in [0.3, 0.4) is 0 Å². The SMILES string of the molecule is CCOC(=O)C1CSCCN1C(=O)c1ccccc1[N+](=O)[O-]. The average Bonchev–Trinajstić information content (AvgIpc) is 2.54. The minimum Gasteiger partial charge on any atom is -0.464 e. The summed E-state index contributed by atoms with van der Waals surface area (Å²) in [6.45, 7) is 2.29. The molecule has 0 aromatic heterocycles. The summed E-state index contributed by atoms with van der Waals surface area (Å²) < 4.78 is 5.00. The molecule has 0 N–H and O–H groups in total. The number of nitro benzene ring substituents is 1. The van der Waals surface area contributed by atoms with Crippen LogP contribution < -0.4 is 0 Å². The summed E-state index contributed by atoms with van der Waals surface area (Å²) in [5.74, 6) is 0.139. The van der Waals surface area contributed by atoms with Gasteiger partial charge in [0.1, 0.15) is 11.6 Å². The van der Waals surface area contributed by atoms with Gasteiger partial charge in [-0.25, -0.2) is 4.79 Å². The van der Waals surface area contributed by atoms with E-state index < -0.39 is 22.8 Å². The second-order valence-electron chi connectivity index (χ2n) is 4.62. The van der Waals surface area contributed by atoms with Crippen LogP contribution in [-0.4, -0.2) is 52.4 Å². The van der Waals surface area contributed by atoms with Gasteiger partial charge in [-0.15, -0.1) is 0 Å². The summed E-state index contributed by atoms with van der Waals surface area (Å²) in [6.07, 6.45) is 0. The van der Waals surface area contributed by atoms with E-state index in [9.17, 15) is 19.7 Å². The molecule has 1 aromatic rings. The lowest BCUT2D eigenvalue weighted by Crippen LogP contribution is -2.51. The highest BCUT2D eigenvalue weighted by atomic mass is 32.2. The molecule has 0 radical (unpaired) electrons. The number of carbonyl (C=O) groups excluding carboxylic acids is 2. The molecule has 8 heteroatoms. The molecular formula is C14H16N2O5S. The molecule has 0 bridgehead atoms. The molecule has 2 rings (SSSR count). The van der Waals surface area contributed by atoms with Gasteiger partial charge in [0.25, 0.3) is 11.6 Å². The third kappa shape index (κ3) is 3.38. The van der Waals surface area contributed by atoms with Crippen molar-refractivity contribution in [1.29, 1.82) is 0 Å². The van der Waals surface area contributed by atoms with Crippen molar-refractivity contribution in [1.82, 2.24) is 4.90 Å². The maximum absolute atomic E-state index is 12.6. The Morgan fingerprint density at radius 1 is 1.45 bits per heavy atom. The Balaban J connectivity index is 2.30. The fourth-order valence-electron chi connectivity index (χ4n) is 2.25. The number of benzene rings is 1. The van der Waals surface area contributed by atoms with Crippen molar-refractivity contribution in [3.05, 3.63) is 39.9 Å². The van der Waals surface area contributed by atoms with Gasteiger partial charge in [-0.05, 0) is 13.0 Å². The molecular weight excluding hydrogens is 308 g/mol. The van der Waals surface area contributed by atoms with Gasteiger partial charge in [0, 0.05) is 24.1 Å². The Kier molecular flexibility index (Phi) is 5.37. The maximum atomic E-state index is 12.6. The predicted octanol–water partition coefficient (Wildman–Crippen LogP) is 1.72. The van der Waals surface area contributed by atoms with Crippen molar-refractivity contribution in [2.75, 3.05) is 24.7 Å². The summed E-state index contributed by atoms with van der Waals surface area (Å²) in [4.78, 5) is 36.5. The van der Waals surface area contributed by atoms with Gasteiger partial charge in [0.2, 0.25) is 0 Å². The van der Waals surface area contributed by atoms with E-state index in [0.717, 1.165) is 0 Å². The number of para-hydroxylation sites is 1. The first-order chi connectivity index (χ1) is 10.6. The maximum Gasteiger partial charge on any atom is 0.329 e.